The lowest BCUT2D eigenvalue weighted by molar-refractivity contribution is -0.131. The number of amides is 1. The van der Waals surface area contributed by atoms with Gasteiger partial charge < -0.3 is 9.84 Å². The van der Waals surface area contributed by atoms with E-state index in [0.717, 1.165) is 6.08 Å². The van der Waals surface area contributed by atoms with Gasteiger partial charge in [-0.15, -0.1) is 0 Å². The fraction of sp³-hybridized carbons (Fsp3) is 0.455. The summed E-state index contributed by atoms with van der Waals surface area (Å²) in [6.45, 7) is 5.57. The maximum atomic E-state index is 11.6. The maximum absolute atomic E-state index is 11.6. The Morgan fingerprint density at radius 1 is 1.50 bits per heavy atom. The van der Waals surface area contributed by atoms with E-state index in [9.17, 15) is 9.59 Å². The van der Waals surface area contributed by atoms with Gasteiger partial charge in [0.15, 0.2) is 0 Å². The summed E-state index contributed by atoms with van der Waals surface area (Å²) in [5.41, 5.74) is 0.0165. The molecule has 16 heavy (non-hydrogen) atoms. The Bertz CT molecular complexity index is 363. The topological polar surface area (TPSA) is 66.8 Å². The summed E-state index contributed by atoms with van der Waals surface area (Å²) in [6, 6.07) is 0. The minimum absolute atomic E-state index is 0.237. The molecule has 0 radical (unpaired) electrons. The van der Waals surface area contributed by atoms with Gasteiger partial charge in [0, 0.05) is 12.3 Å². The zero-order chi connectivity index (χ0) is 12.3. The minimum Gasteiger partial charge on any atom is -0.478 e. The Morgan fingerprint density at radius 3 is 2.62 bits per heavy atom. The van der Waals surface area contributed by atoms with Gasteiger partial charge in [-0.25, -0.2) is 9.59 Å². The predicted molar refractivity (Wildman–Crippen MR) is 57.8 cm³/mol. The van der Waals surface area contributed by atoms with Crippen LogP contribution in [0.4, 0.5) is 4.79 Å². The Balaban J connectivity index is 2.58. The molecule has 0 unspecified atom stereocenters. The van der Waals surface area contributed by atoms with Gasteiger partial charge in [0.05, 0.1) is 6.54 Å². The van der Waals surface area contributed by atoms with Crippen LogP contribution in [-0.2, 0) is 9.53 Å². The molecule has 5 nitrogen and oxygen atoms in total. The molecule has 1 N–H and O–H groups in total. The Labute approximate surface area is 94.0 Å². The van der Waals surface area contributed by atoms with Crippen molar-refractivity contribution < 1.29 is 19.4 Å². The molecule has 88 valence electrons. The van der Waals surface area contributed by atoms with E-state index in [1.807, 2.05) is 0 Å². The smallest absolute Gasteiger partial charge is 0.414 e. The average molecular weight is 225 g/mol. The molecule has 1 rings (SSSR count). The van der Waals surface area contributed by atoms with Crippen LogP contribution in [0.2, 0.25) is 0 Å². The SMILES string of the molecule is CC(C)(C)OC(=O)N1C=CC(=CC(=O)O)C1. The van der Waals surface area contributed by atoms with Gasteiger partial charge in [-0.1, -0.05) is 0 Å². The molecule has 0 saturated heterocycles. The van der Waals surface area contributed by atoms with Gasteiger partial charge in [-0.2, -0.15) is 0 Å². The fourth-order valence-corrected chi connectivity index (χ4v) is 1.19. The van der Waals surface area contributed by atoms with Crippen molar-refractivity contribution >= 4 is 12.1 Å². The summed E-state index contributed by atoms with van der Waals surface area (Å²) >= 11 is 0. The van der Waals surface area contributed by atoms with Crippen LogP contribution in [0.3, 0.4) is 0 Å². The van der Waals surface area contributed by atoms with Crippen LogP contribution in [0.1, 0.15) is 20.8 Å². The Hall–Kier alpha value is -1.78. The summed E-state index contributed by atoms with van der Waals surface area (Å²) in [4.78, 5) is 23.3. The van der Waals surface area contributed by atoms with E-state index in [0.29, 0.717) is 5.57 Å². The molecule has 0 aliphatic carbocycles. The molecule has 0 fully saturated rings. The highest BCUT2D eigenvalue weighted by Crippen LogP contribution is 2.16. The third-order valence-corrected chi connectivity index (χ3v) is 1.76. The van der Waals surface area contributed by atoms with E-state index in [2.05, 4.69) is 0 Å². The minimum atomic E-state index is -1.02. The Kier molecular flexibility index (Phi) is 3.37. The first kappa shape index (κ1) is 12.3. The molecular weight excluding hydrogens is 210 g/mol. The van der Waals surface area contributed by atoms with Crippen LogP contribution in [0.5, 0.6) is 0 Å². The third-order valence-electron chi connectivity index (χ3n) is 1.76. The van der Waals surface area contributed by atoms with Crippen molar-refractivity contribution in [1.29, 1.82) is 0 Å². The van der Waals surface area contributed by atoms with Crippen molar-refractivity contribution in [3.05, 3.63) is 23.9 Å². The zero-order valence-electron chi connectivity index (χ0n) is 9.56. The van der Waals surface area contributed by atoms with Crippen LogP contribution in [-0.4, -0.2) is 34.2 Å². The quantitative estimate of drug-likeness (QED) is 0.690. The van der Waals surface area contributed by atoms with Gasteiger partial charge in [-0.3, -0.25) is 4.90 Å². The highest BCUT2D eigenvalue weighted by atomic mass is 16.6. The van der Waals surface area contributed by atoms with E-state index < -0.39 is 17.7 Å². The molecule has 5 heteroatoms. The standard InChI is InChI=1S/C11H15NO4/c1-11(2,3)16-10(15)12-5-4-8(7-12)6-9(13)14/h4-6H,7H2,1-3H3,(H,13,14). The van der Waals surface area contributed by atoms with E-state index in [-0.39, 0.29) is 6.54 Å². The number of nitrogens with zero attached hydrogens (tertiary/aromatic N) is 1. The molecule has 0 atom stereocenters. The van der Waals surface area contributed by atoms with Crippen molar-refractivity contribution in [1.82, 2.24) is 4.90 Å². The molecule has 0 saturated carbocycles. The molecule has 0 aromatic carbocycles. The molecule has 0 aromatic heterocycles. The van der Waals surface area contributed by atoms with Gasteiger partial charge in [0.2, 0.25) is 0 Å². The first-order valence-corrected chi connectivity index (χ1v) is 4.89. The van der Waals surface area contributed by atoms with Crippen LogP contribution in [0, 0.1) is 0 Å². The number of carboxylic acids is 1. The number of hydrogen-bond donors (Lipinski definition) is 1. The summed E-state index contributed by atoms with van der Waals surface area (Å²) < 4.78 is 5.14. The summed E-state index contributed by atoms with van der Waals surface area (Å²) in [5.74, 6) is -1.02. The second-order valence-corrected chi connectivity index (χ2v) is 4.48. The van der Waals surface area contributed by atoms with Crippen molar-refractivity contribution in [2.75, 3.05) is 6.54 Å². The molecule has 0 spiro atoms. The van der Waals surface area contributed by atoms with E-state index in [4.69, 9.17) is 9.84 Å². The number of carboxylic acid groups (broad SMARTS) is 1. The molecular formula is C11H15NO4. The summed E-state index contributed by atoms with van der Waals surface area (Å²) in [5, 5.41) is 8.54. The largest absolute Gasteiger partial charge is 0.478 e. The van der Waals surface area contributed by atoms with Crippen LogP contribution < -0.4 is 0 Å². The predicted octanol–water partition coefficient (Wildman–Crippen LogP) is 1.76. The van der Waals surface area contributed by atoms with Gasteiger partial charge in [0.1, 0.15) is 5.60 Å². The molecule has 1 aliphatic rings. The van der Waals surface area contributed by atoms with E-state index in [1.54, 1.807) is 26.8 Å². The van der Waals surface area contributed by atoms with Crippen molar-refractivity contribution in [2.45, 2.75) is 26.4 Å². The third kappa shape index (κ3) is 3.76. The normalized spacial score (nSPS) is 17.9. The average Bonchev–Trinajstić information content (AvgIpc) is 2.48. The number of ether oxygens (including phenoxy) is 1. The number of carbonyl (C=O) groups excluding carboxylic acids is 1. The van der Waals surface area contributed by atoms with Crippen LogP contribution in [0.15, 0.2) is 23.9 Å². The van der Waals surface area contributed by atoms with Crippen LogP contribution >= 0.6 is 0 Å². The van der Waals surface area contributed by atoms with Crippen molar-refractivity contribution in [3.63, 3.8) is 0 Å². The van der Waals surface area contributed by atoms with Gasteiger partial charge >= 0.3 is 12.1 Å². The molecule has 0 aromatic rings. The zero-order valence-corrected chi connectivity index (χ0v) is 9.56. The first-order valence-electron chi connectivity index (χ1n) is 4.89. The highest BCUT2D eigenvalue weighted by molar-refractivity contribution is 5.82. The van der Waals surface area contributed by atoms with Crippen molar-refractivity contribution in [2.24, 2.45) is 0 Å². The second-order valence-electron chi connectivity index (χ2n) is 4.48. The number of rotatable bonds is 1. The lowest BCUT2D eigenvalue weighted by atomic mass is 10.2. The van der Waals surface area contributed by atoms with E-state index in [1.165, 1.54) is 11.1 Å². The first-order chi connectivity index (χ1) is 7.28. The van der Waals surface area contributed by atoms with Gasteiger partial charge in [-0.05, 0) is 32.4 Å². The maximum Gasteiger partial charge on any atom is 0.414 e. The van der Waals surface area contributed by atoms with E-state index >= 15 is 0 Å². The lowest BCUT2D eigenvalue weighted by Gasteiger charge is -2.23. The highest BCUT2D eigenvalue weighted by Gasteiger charge is 2.23. The Morgan fingerprint density at radius 2 is 2.12 bits per heavy atom. The number of carbonyl (C=O) groups is 2. The lowest BCUT2D eigenvalue weighted by Crippen LogP contribution is -2.32. The number of hydrogen-bond acceptors (Lipinski definition) is 3. The fourth-order valence-electron chi connectivity index (χ4n) is 1.19. The summed E-state index contributed by atoms with van der Waals surface area (Å²) in [6.07, 6.45) is 3.69. The second kappa shape index (κ2) is 4.38. The molecule has 0 bridgehead atoms. The number of aliphatic carboxylic acids is 1. The summed E-state index contributed by atoms with van der Waals surface area (Å²) in [7, 11) is 0. The van der Waals surface area contributed by atoms with Crippen LogP contribution in [0.25, 0.3) is 0 Å². The monoisotopic (exact) mass is 225 g/mol. The molecule has 1 aliphatic heterocycles. The molecule has 1 amide bonds. The van der Waals surface area contributed by atoms with Crippen molar-refractivity contribution in [3.8, 4) is 0 Å². The van der Waals surface area contributed by atoms with Gasteiger partial charge in [0.25, 0.3) is 0 Å². The molecule has 1 heterocycles.